The molecule has 1 aromatic carbocycles. The fraction of sp³-hybridized carbons (Fsp3) is 0.704. The Bertz CT molecular complexity index is 750. The number of hydrogen-bond donors (Lipinski definition) is 0. The predicted molar refractivity (Wildman–Crippen MR) is 138 cm³/mol. The number of rotatable bonds is 8. The van der Waals surface area contributed by atoms with Crippen LogP contribution in [0.5, 0.6) is 0 Å². The Kier molecular flexibility index (Phi) is 11.5. The van der Waals surface area contributed by atoms with E-state index in [0.29, 0.717) is 19.6 Å². The number of ketones is 1. The van der Waals surface area contributed by atoms with Gasteiger partial charge in [-0.2, -0.15) is 0 Å². The predicted octanol–water partition coefficient (Wildman–Crippen LogP) is 3.86. The van der Waals surface area contributed by atoms with Crippen molar-refractivity contribution in [2.75, 3.05) is 63.9 Å². The highest BCUT2D eigenvalue weighted by Crippen LogP contribution is 2.24. The quantitative estimate of drug-likeness (QED) is 0.418. The summed E-state index contributed by atoms with van der Waals surface area (Å²) in [5, 5.41) is 0. The monoisotopic (exact) mass is 475 g/mol. The molecule has 0 aromatic heterocycles. The van der Waals surface area contributed by atoms with E-state index in [1.807, 2.05) is 39.8 Å². The van der Waals surface area contributed by atoms with Gasteiger partial charge in [-0.05, 0) is 52.0 Å². The van der Waals surface area contributed by atoms with E-state index in [0.717, 1.165) is 57.1 Å². The van der Waals surface area contributed by atoms with Gasteiger partial charge < -0.3 is 14.4 Å². The average molecular weight is 476 g/mol. The summed E-state index contributed by atoms with van der Waals surface area (Å²) >= 11 is 0. The van der Waals surface area contributed by atoms with Crippen molar-refractivity contribution in [2.24, 2.45) is 0 Å². The topological polar surface area (TPSA) is 62.3 Å². The maximum Gasteiger partial charge on any atom is 0.307 e. The van der Waals surface area contributed by atoms with E-state index in [1.54, 1.807) is 0 Å². The molecule has 2 aliphatic heterocycles. The van der Waals surface area contributed by atoms with Crippen molar-refractivity contribution in [3.8, 4) is 0 Å². The summed E-state index contributed by atoms with van der Waals surface area (Å²) in [4.78, 5) is 31.7. The number of morpholine rings is 1. The molecule has 2 saturated heterocycles. The minimum atomic E-state index is -0.534. The van der Waals surface area contributed by atoms with E-state index in [2.05, 4.69) is 40.7 Å². The van der Waals surface area contributed by atoms with Gasteiger partial charge in [0.05, 0.1) is 31.3 Å². The fourth-order valence-corrected chi connectivity index (χ4v) is 4.24. The molecule has 0 bridgehead atoms. The van der Waals surface area contributed by atoms with Crippen LogP contribution < -0.4 is 4.90 Å². The van der Waals surface area contributed by atoms with E-state index in [1.165, 1.54) is 6.42 Å². The molecule has 0 spiro atoms. The lowest BCUT2D eigenvalue weighted by Crippen LogP contribution is -2.54. The van der Waals surface area contributed by atoms with Gasteiger partial charge >= 0.3 is 5.97 Å². The van der Waals surface area contributed by atoms with Gasteiger partial charge in [0.1, 0.15) is 0 Å². The van der Waals surface area contributed by atoms with Crippen LogP contribution in [0.2, 0.25) is 0 Å². The molecular formula is C27H45N3O4. The summed E-state index contributed by atoms with van der Waals surface area (Å²) in [6.07, 6.45) is 1.63. The van der Waals surface area contributed by atoms with Crippen molar-refractivity contribution in [3.05, 3.63) is 29.8 Å². The number of piperazine rings is 1. The normalized spacial score (nSPS) is 17.8. The summed E-state index contributed by atoms with van der Waals surface area (Å²) < 4.78 is 10.6. The van der Waals surface area contributed by atoms with Gasteiger partial charge in [-0.15, -0.1) is 0 Å². The molecule has 0 radical (unpaired) electrons. The summed E-state index contributed by atoms with van der Waals surface area (Å²) in [6.45, 7) is 19.3. The molecule has 2 heterocycles. The number of nitrogens with zero attached hydrogens (tertiary/aromatic N) is 3. The molecule has 2 aliphatic rings. The maximum atomic E-state index is 13.1. The SMILES string of the molecule is CC(C)OC(=O)CCN1CCN(c2ccc(C(=O)C(C)(C)N3CCOCC3)cc2)CC1.CCC. The zero-order valence-electron chi connectivity index (χ0n) is 22.1. The number of Topliss-reactive ketones (excluding diaryl/α,β-unsaturated/α-hetero) is 1. The van der Waals surface area contributed by atoms with Crippen LogP contribution in [0.1, 0.15) is 64.7 Å². The molecule has 192 valence electrons. The Morgan fingerprint density at radius 2 is 1.53 bits per heavy atom. The molecule has 0 unspecified atom stereocenters. The number of carbonyl (C=O) groups is 2. The van der Waals surface area contributed by atoms with E-state index < -0.39 is 5.54 Å². The summed E-state index contributed by atoms with van der Waals surface area (Å²) in [5.74, 6) is 0.0248. The van der Waals surface area contributed by atoms with E-state index in [9.17, 15) is 9.59 Å². The average Bonchev–Trinajstić information content (AvgIpc) is 2.83. The second-order valence-electron chi connectivity index (χ2n) is 9.86. The van der Waals surface area contributed by atoms with E-state index >= 15 is 0 Å². The zero-order valence-corrected chi connectivity index (χ0v) is 22.1. The lowest BCUT2D eigenvalue weighted by Gasteiger charge is -2.39. The van der Waals surface area contributed by atoms with Crippen molar-refractivity contribution in [1.29, 1.82) is 0 Å². The van der Waals surface area contributed by atoms with Crippen LogP contribution in [0.3, 0.4) is 0 Å². The fourth-order valence-electron chi connectivity index (χ4n) is 4.24. The molecule has 0 atom stereocenters. The van der Waals surface area contributed by atoms with Gasteiger partial charge in [0.2, 0.25) is 0 Å². The first-order valence-electron chi connectivity index (χ1n) is 12.8. The molecule has 7 nitrogen and oxygen atoms in total. The molecule has 7 heteroatoms. The van der Waals surface area contributed by atoms with Gasteiger partial charge in [0, 0.05) is 57.1 Å². The van der Waals surface area contributed by atoms with Gasteiger partial charge in [-0.25, -0.2) is 0 Å². The first-order valence-corrected chi connectivity index (χ1v) is 12.8. The first kappa shape index (κ1) is 28.3. The van der Waals surface area contributed by atoms with Crippen molar-refractivity contribution in [1.82, 2.24) is 9.80 Å². The molecule has 0 N–H and O–H groups in total. The first-order chi connectivity index (χ1) is 16.2. The standard InChI is InChI=1S/C24H37N3O4.C3H8/c1-19(2)31-22(28)9-10-25-11-13-26(14-12-25)21-7-5-20(6-8-21)23(29)24(3,4)27-15-17-30-18-16-27;1-3-2/h5-8,19H,9-18H2,1-4H3;3H2,1-2H3. The van der Waals surface area contributed by atoms with Gasteiger partial charge in [-0.3, -0.25) is 19.4 Å². The number of hydrogen-bond acceptors (Lipinski definition) is 7. The molecule has 2 fully saturated rings. The highest BCUT2D eigenvalue weighted by molar-refractivity contribution is 6.02. The van der Waals surface area contributed by atoms with Crippen LogP contribution >= 0.6 is 0 Å². The Labute approximate surface area is 206 Å². The van der Waals surface area contributed by atoms with Crippen LogP contribution in [-0.4, -0.2) is 92.2 Å². The largest absolute Gasteiger partial charge is 0.463 e. The highest BCUT2D eigenvalue weighted by Gasteiger charge is 2.36. The van der Waals surface area contributed by atoms with Crippen LogP contribution in [0, 0.1) is 0 Å². The summed E-state index contributed by atoms with van der Waals surface area (Å²) in [7, 11) is 0. The molecule has 0 aliphatic carbocycles. The molecule has 1 aromatic rings. The Balaban J connectivity index is 0.00000129. The van der Waals surface area contributed by atoms with Crippen LogP contribution in [-0.2, 0) is 14.3 Å². The minimum Gasteiger partial charge on any atom is -0.463 e. The lowest BCUT2D eigenvalue weighted by molar-refractivity contribution is -0.147. The van der Waals surface area contributed by atoms with Gasteiger partial charge in [-0.1, -0.05) is 20.3 Å². The number of ether oxygens (including phenoxy) is 2. The molecule has 34 heavy (non-hydrogen) atoms. The molecule has 0 amide bonds. The zero-order chi connectivity index (χ0) is 25.1. The molecular weight excluding hydrogens is 430 g/mol. The van der Waals surface area contributed by atoms with Crippen LogP contribution in [0.15, 0.2) is 24.3 Å². The molecule has 3 rings (SSSR count). The van der Waals surface area contributed by atoms with Crippen molar-refractivity contribution < 1.29 is 19.1 Å². The van der Waals surface area contributed by atoms with Crippen molar-refractivity contribution >= 4 is 17.4 Å². The molecule has 0 saturated carbocycles. The maximum absolute atomic E-state index is 13.1. The number of carbonyl (C=O) groups excluding carboxylic acids is 2. The summed E-state index contributed by atoms with van der Waals surface area (Å²) in [6, 6.07) is 8.01. The van der Waals surface area contributed by atoms with Gasteiger partial charge in [0.25, 0.3) is 0 Å². The third-order valence-corrected chi connectivity index (χ3v) is 6.22. The van der Waals surface area contributed by atoms with E-state index in [4.69, 9.17) is 9.47 Å². The van der Waals surface area contributed by atoms with Crippen LogP contribution in [0.25, 0.3) is 0 Å². The third-order valence-electron chi connectivity index (χ3n) is 6.22. The second kappa shape index (κ2) is 13.8. The lowest BCUT2D eigenvalue weighted by atomic mass is 9.90. The van der Waals surface area contributed by atoms with Gasteiger partial charge in [0.15, 0.2) is 5.78 Å². The summed E-state index contributed by atoms with van der Waals surface area (Å²) in [5.41, 5.74) is 1.36. The second-order valence-corrected chi connectivity index (χ2v) is 9.86. The minimum absolute atomic E-state index is 0.0568. The number of esters is 1. The Hall–Kier alpha value is -1.96. The Morgan fingerprint density at radius 1 is 0.971 bits per heavy atom. The van der Waals surface area contributed by atoms with Crippen molar-refractivity contribution in [3.63, 3.8) is 0 Å². The van der Waals surface area contributed by atoms with Crippen LogP contribution in [0.4, 0.5) is 5.69 Å². The third kappa shape index (κ3) is 8.36. The smallest absolute Gasteiger partial charge is 0.307 e. The Morgan fingerprint density at radius 3 is 2.06 bits per heavy atom. The number of anilines is 1. The van der Waals surface area contributed by atoms with Crippen molar-refractivity contribution in [2.45, 2.75) is 66.0 Å². The highest BCUT2D eigenvalue weighted by atomic mass is 16.5. The number of benzene rings is 1. The van der Waals surface area contributed by atoms with E-state index in [-0.39, 0.29) is 17.9 Å².